The number of aliphatic hydroxyl groups is 1. The van der Waals surface area contributed by atoms with Gasteiger partial charge < -0.3 is 15.1 Å². The maximum absolute atomic E-state index is 11.9. The second-order valence-electron chi connectivity index (χ2n) is 19.0. The molecule has 347 valence electrons. The molecule has 2 aliphatic rings. The van der Waals surface area contributed by atoms with Crippen molar-refractivity contribution < 1.29 is 34.1 Å². The summed E-state index contributed by atoms with van der Waals surface area (Å²) in [5, 5.41) is 14.1. The van der Waals surface area contributed by atoms with Gasteiger partial charge in [0.05, 0.1) is 4.11 Å². The van der Waals surface area contributed by atoms with E-state index in [0.717, 1.165) is 86.4 Å². The summed E-state index contributed by atoms with van der Waals surface area (Å²) < 4.78 is 24.7. The number of hydrogen-bond donors (Lipinski definition) is 1. The van der Waals surface area contributed by atoms with Gasteiger partial charge >= 0.3 is 0 Å². The zero-order valence-corrected chi connectivity index (χ0v) is 43.0. The largest absolute Gasteiger partial charge is 0.512 e. The third-order valence-electron chi connectivity index (χ3n) is 14.2. The van der Waals surface area contributed by atoms with E-state index in [4.69, 9.17) is 4.11 Å². The van der Waals surface area contributed by atoms with Crippen molar-refractivity contribution in [1.29, 1.82) is 0 Å². The summed E-state index contributed by atoms with van der Waals surface area (Å²) in [5.41, 5.74) is 10.6. The number of aromatic nitrogens is 2. The number of rotatable bonds is 11. The first-order chi connectivity index (χ1) is 32.1. The van der Waals surface area contributed by atoms with Gasteiger partial charge in [-0.3, -0.25) is 4.79 Å². The molecule has 2 fully saturated rings. The van der Waals surface area contributed by atoms with Gasteiger partial charge in [-0.15, -0.1) is 69.8 Å². The van der Waals surface area contributed by atoms with Crippen molar-refractivity contribution in [2.75, 3.05) is 0 Å². The molecular formula is C60H74IrN2O2-2. The number of allylic oxidation sites excluding steroid dienone is 2. The van der Waals surface area contributed by atoms with Gasteiger partial charge in [-0.1, -0.05) is 137 Å². The van der Waals surface area contributed by atoms with Crippen LogP contribution in [-0.4, -0.2) is 20.9 Å². The van der Waals surface area contributed by atoms with Gasteiger partial charge in [0, 0.05) is 49.9 Å². The minimum atomic E-state index is -0.248. The number of aryl methyl sites for hydroxylation is 4. The van der Waals surface area contributed by atoms with Gasteiger partial charge in [0.15, 0.2) is 5.78 Å². The predicted octanol–water partition coefficient (Wildman–Crippen LogP) is 17.0. The van der Waals surface area contributed by atoms with Gasteiger partial charge in [-0.2, -0.15) is 0 Å². The van der Waals surface area contributed by atoms with Gasteiger partial charge in [0.25, 0.3) is 0 Å². The van der Waals surface area contributed by atoms with Crippen molar-refractivity contribution in [3.63, 3.8) is 0 Å². The maximum atomic E-state index is 11.9. The summed E-state index contributed by atoms with van der Waals surface area (Å²) in [7, 11) is 0. The molecule has 1 radical (unpaired) electrons. The Kier molecular flexibility index (Phi) is 17.6. The first kappa shape index (κ1) is 47.1. The first-order valence-electron chi connectivity index (χ1n) is 25.9. The second-order valence-corrected chi connectivity index (χ2v) is 19.0. The molecular weight excluding hydrogens is 973 g/mol. The molecule has 0 spiro atoms. The van der Waals surface area contributed by atoms with Gasteiger partial charge in [0.2, 0.25) is 0 Å². The molecule has 0 unspecified atom stereocenters. The summed E-state index contributed by atoms with van der Waals surface area (Å²) in [4.78, 5) is 20.8. The topological polar surface area (TPSA) is 63.1 Å². The number of carbonyl (C=O) groups excluding carboxylic acids is 1. The monoisotopic (exact) mass is 1050 g/mol. The van der Waals surface area contributed by atoms with Crippen molar-refractivity contribution in [2.24, 2.45) is 11.3 Å². The molecule has 2 aromatic heterocycles. The number of fused-ring (bicyclic) bond motifs is 2. The van der Waals surface area contributed by atoms with Crippen molar-refractivity contribution >= 4 is 27.3 Å². The molecule has 0 bridgehead atoms. The van der Waals surface area contributed by atoms with Crippen LogP contribution in [-0.2, 0) is 24.9 Å². The molecule has 2 saturated carbocycles. The summed E-state index contributed by atoms with van der Waals surface area (Å²) in [6, 6.07) is 30.5. The summed E-state index contributed by atoms with van der Waals surface area (Å²) in [6.45, 7) is 18.3. The zero-order valence-electron chi connectivity index (χ0n) is 43.6. The molecule has 2 aliphatic carbocycles. The smallest absolute Gasteiger partial charge is 0.162 e. The molecule has 6 aromatic rings. The number of aliphatic hydroxyl groups excluding tert-OH is 1. The zero-order chi connectivity index (χ0) is 48.4. The van der Waals surface area contributed by atoms with E-state index in [9.17, 15) is 9.90 Å². The Labute approximate surface area is 409 Å². The molecule has 0 aliphatic heterocycles. The Balaban J connectivity index is 0.000000196. The van der Waals surface area contributed by atoms with Crippen molar-refractivity contribution in [3.05, 3.63) is 142 Å². The fourth-order valence-corrected chi connectivity index (χ4v) is 9.79. The number of pyridine rings is 2. The van der Waals surface area contributed by atoms with Crippen molar-refractivity contribution in [1.82, 2.24) is 9.97 Å². The van der Waals surface area contributed by atoms with E-state index in [0.29, 0.717) is 18.0 Å². The van der Waals surface area contributed by atoms with Crippen LogP contribution in [0.1, 0.15) is 174 Å². The van der Waals surface area contributed by atoms with Crippen LogP contribution in [0.3, 0.4) is 0 Å². The Morgan fingerprint density at radius 3 is 1.62 bits per heavy atom. The van der Waals surface area contributed by atoms with Crippen molar-refractivity contribution in [2.45, 2.75) is 164 Å². The number of hydrogen-bond acceptors (Lipinski definition) is 4. The van der Waals surface area contributed by atoms with Crippen LogP contribution in [0.15, 0.2) is 97.0 Å². The number of carbonyl (C=O) groups is 1. The first-order valence-corrected chi connectivity index (χ1v) is 24.4. The third-order valence-corrected chi connectivity index (χ3v) is 14.2. The summed E-state index contributed by atoms with van der Waals surface area (Å²) in [5.74, 6) is 1.63. The van der Waals surface area contributed by atoms with E-state index >= 15 is 0 Å². The molecule has 2 heterocycles. The van der Waals surface area contributed by atoms with Crippen LogP contribution >= 0.6 is 0 Å². The van der Waals surface area contributed by atoms with Crippen molar-refractivity contribution in [3.8, 4) is 22.5 Å². The normalized spacial score (nSPS) is 15.5. The molecule has 8 rings (SSSR count). The molecule has 1 N–H and O–H groups in total. The van der Waals surface area contributed by atoms with E-state index in [1.54, 1.807) is 0 Å². The third kappa shape index (κ3) is 13.4. The minimum Gasteiger partial charge on any atom is -0.512 e. The van der Waals surface area contributed by atoms with Gasteiger partial charge in [0.1, 0.15) is 5.76 Å². The van der Waals surface area contributed by atoms with E-state index in [1.165, 1.54) is 87.0 Å². The quantitative estimate of drug-likeness (QED) is 0.0798. The molecule has 4 nitrogen and oxygen atoms in total. The summed E-state index contributed by atoms with van der Waals surface area (Å²) in [6.07, 6.45) is 18.2. The average molecular weight is 1050 g/mol. The van der Waals surface area contributed by atoms with E-state index in [1.807, 2.05) is 47.6 Å². The predicted molar refractivity (Wildman–Crippen MR) is 271 cm³/mol. The molecule has 0 amide bonds. The van der Waals surface area contributed by atoms with Crippen LogP contribution < -0.4 is 0 Å². The molecule has 4 aromatic carbocycles. The Bertz CT molecular complexity index is 2650. The SMILES string of the molecule is CCC(CC)C(=O)/C=C(\O)C(C)(CC)CC.[2H]c1cc2cc(C3CCCCC3)ccc2c(-c2[c-]c(C)cc(C)c2)n1.[2H]c1nc(-c2[c-]c(C)cc(C)c2)c2ccc(C3CCCCC3)cc2c1[2H].[Ir]. The van der Waals surface area contributed by atoms with E-state index < -0.39 is 0 Å². The fourth-order valence-electron chi connectivity index (χ4n) is 9.79. The number of nitrogens with zero attached hydrogens (tertiary/aromatic N) is 2. The van der Waals surface area contributed by atoms with Crippen LogP contribution in [0.5, 0.6) is 0 Å². The average Bonchev–Trinajstić information content (AvgIpc) is 3.32. The van der Waals surface area contributed by atoms with Crippen LogP contribution in [0.4, 0.5) is 0 Å². The molecule has 0 saturated heterocycles. The van der Waals surface area contributed by atoms with Crippen LogP contribution in [0.2, 0.25) is 0 Å². The Morgan fingerprint density at radius 2 is 1.15 bits per heavy atom. The second kappa shape index (κ2) is 24.4. The molecule has 5 heteroatoms. The minimum absolute atomic E-state index is 0. The summed E-state index contributed by atoms with van der Waals surface area (Å²) >= 11 is 0. The van der Waals surface area contributed by atoms with E-state index in [-0.39, 0.29) is 55.2 Å². The Morgan fingerprint density at radius 1 is 0.692 bits per heavy atom. The molecule has 0 atom stereocenters. The van der Waals surface area contributed by atoms with Gasteiger partial charge in [-0.05, 0) is 119 Å². The van der Waals surface area contributed by atoms with Crippen LogP contribution in [0, 0.1) is 51.2 Å². The van der Waals surface area contributed by atoms with Gasteiger partial charge in [-0.25, -0.2) is 0 Å². The Hall–Kier alpha value is -4.44. The fraction of sp³-hybridized carbons (Fsp3) is 0.450. The van der Waals surface area contributed by atoms with Crippen LogP contribution in [0.25, 0.3) is 44.1 Å². The van der Waals surface area contributed by atoms with E-state index in [2.05, 4.69) is 104 Å². The number of benzene rings is 4. The molecule has 65 heavy (non-hydrogen) atoms. The maximum Gasteiger partial charge on any atom is 0.162 e. The number of ketones is 1. The standard InChI is InChI=1S/2C23H24N.C14H26O2.Ir/c2*1-16-12-17(2)14-21(13-16)23-22-9-8-19(15-20(22)10-11-24-23)18-6-4-3-5-7-18;1-6-11(7-2)12(15)10-13(16)14(5,8-3)9-4;/h2*8-13,15,18H,3-7H2,1-2H3;10-11,16H,6-9H2,1-5H3;/q2*-1;;/b;;13-10-;/i10D,11D;11D;;.